The molecule has 0 saturated carbocycles. The lowest BCUT2D eigenvalue weighted by molar-refractivity contribution is -0.135. The van der Waals surface area contributed by atoms with Gasteiger partial charge in [0.25, 0.3) is 0 Å². The van der Waals surface area contributed by atoms with Gasteiger partial charge in [-0.2, -0.15) is 0 Å². The summed E-state index contributed by atoms with van der Waals surface area (Å²) in [6.45, 7) is 7.11. The molecule has 0 aromatic heterocycles. The molecule has 0 radical (unpaired) electrons. The number of methoxy groups -OCH3 is 1. The zero-order valence-electron chi connectivity index (χ0n) is 14.0. The van der Waals surface area contributed by atoms with Gasteiger partial charge in [0.05, 0.1) is 12.5 Å². The Morgan fingerprint density at radius 3 is 2.57 bits per heavy atom. The van der Waals surface area contributed by atoms with Crippen molar-refractivity contribution in [2.24, 2.45) is 5.92 Å². The van der Waals surface area contributed by atoms with Gasteiger partial charge in [-0.3, -0.25) is 4.79 Å². The van der Waals surface area contributed by atoms with Gasteiger partial charge in [-0.15, -0.1) is 0 Å². The molecule has 126 valence electrons. The molecule has 5 heteroatoms. The van der Waals surface area contributed by atoms with Crippen LogP contribution < -0.4 is 4.90 Å². The molecule has 5 nitrogen and oxygen atoms in total. The van der Waals surface area contributed by atoms with Crippen LogP contribution >= 0.6 is 0 Å². The van der Waals surface area contributed by atoms with Gasteiger partial charge in [-0.1, -0.05) is 18.2 Å². The van der Waals surface area contributed by atoms with Gasteiger partial charge in [-0.25, -0.2) is 0 Å². The summed E-state index contributed by atoms with van der Waals surface area (Å²) >= 11 is 0. The van der Waals surface area contributed by atoms with Crippen LogP contribution in [-0.2, 0) is 9.53 Å². The fourth-order valence-corrected chi connectivity index (χ4v) is 3.54. The number of carbonyl (C=O) groups is 1. The number of piperazine rings is 1. The van der Waals surface area contributed by atoms with Crippen LogP contribution in [0.5, 0.6) is 0 Å². The topological polar surface area (TPSA) is 36.0 Å². The zero-order valence-corrected chi connectivity index (χ0v) is 14.0. The molecular weight excluding hydrogens is 290 g/mol. The van der Waals surface area contributed by atoms with Crippen molar-refractivity contribution in [2.75, 3.05) is 64.4 Å². The van der Waals surface area contributed by atoms with E-state index < -0.39 is 0 Å². The smallest absolute Gasteiger partial charge is 0.227 e. The Bertz CT molecular complexity index is 500. The van der Waals surface area contributed by atoms with Crippen molar-refractivity contribution in [2.45, 2.75) is 6.42 Å². The summed E-state index contributed by atoms with van der Waals surface area (Å²) in [5, 5.41) is 0. The van der Waals surface area contributed by atoms with Crippen molar-refractivity contribution in [1.82, 2.24) is 9.80 Å². The van der Waals surface area contributed by atoms with Crippen molar-refractivity contribution in [3.8, 4) is 0 Å². The number of para-hydroxylation sites is 1. The van der Waals surface area contributed by atoms with Gasteiger partial charge in [0.2, 0.25) is 5.91 Å². The van der Waals surface area contributed by atoms with Crippen molar-refractivity contribution in [1.29, 1.82) is 0 Å². The summed E-state index contributed by atoms with van der Waals surface area (Å²) in [7, 11) is 1.73. The van der Waals surface area contributed by atoms with Crippen LogP contribution in [0.2, 0.25) is 0 Å². The number of anilines is 1. The molecule has 1 amide bonds. The third kappa shape index (κ3) is 4.03. The first-order chi connectivity index (χ1) is 11.3. The highest BCUT2D eigenvalue weighted by Gasteiger charge is 2.32. The molecule has 0 unspecified atom stereocenters. The number of hydrogen-bond acceptors (Lipinski definition) is 4. The van der Waals surface area contributed by atoms with Crippen molar-refractivity contribution < 1.29 is 9.53 Å². The number of likely N-dealkylation sites (tertiary alicyclic amines) is 1. The standard InChI is InChI=1S/C18H27N3O2/c1-23-14-13-19-8-7-16(15-19)18(22)21-11-9-20(10-12-21)17-5-3-2-4-6-17/h2-6,16H,7-15H2,1H3/t16-/m1/s1. The van der Waals surface area contributed by atoms with E-state index >= 15 is 0 Å². The second kappa shape index (κ2) is 7.79. The average molecular weight is 317 g/mol. The number of amides is 1. The molecule has 23 heavy (non-hydrogen) atoms. The van der Waals surface area contributed by atoms with Crippen molar-refractivity contribution >= 4 is 11.6 Å². The first kappa shape index (κ1) is 16.3. The predicted octanol–water partition coefficient (Wildman–Crippen LogP) is 1.30. The Morgan fingerprint density at radius 2 is 1.87 bits per heavy atom. The van der Waals surface area contributed by atoms with Gasteiger partial charge in [-0.05, 0) is 25.1 Å². The summed E-state index contributed by atoms with van der Waals surface area (Å²) in [4.78, 5) is 19.5. The minimum absolute atomic E-state index is 0.176. The summed E-state index contributed by atoms with van der Waals surface area (Å²) in [5.41, 5.74) is 1.26. The number of benzene rings is 1. The lowest BCUT2D eigenvalue weighted by Crippen LogP contribution is -2.50. The maximum Gasteiger partial charge on any atom is 0.227 e. The minimum Gasteiger partial charge on any atom is -0.383 e. The summed E-state index contributed by atoms with van der Waals surface area (Å²) in [5.74, 6) is 0.521. The Balaban J connectivity index is 1.47. The van der Waals surface area contributed by atoms with Crippen LogP contribution in [0.1, 0.15) is 6.42 Å². The molecule has 1 aromatic carbocycles. The van der Waals surface area contributed by atoms with Gasteiger partial charge in [0.1, 0.15) is 0 Å². The lowest BCUT2D eigenvalue weighted by Gasteiger charge is -2.37. The highest BCUT2D eigenvalue weighted by atomic mass is 16.5. The normalized spacial score (nSPS) is 22.6. The Labute approximate surface area is 138 Å². The van der Waals surface area contributed by atoms with Crippen LogP contribution in [-0.4, -0.2) is 75.2 Å². The van der Waals surface area contributed by atoms with Crippen molar-refractivity contribution in [3.05, 3.63) is 30.3 Å². The molecule has 3 rings (SSSR count). The van der Waals surface area contributed by atoms with E-state index in [1.807, 2.05) is 6.07 Å². The number of rotatable bonds is 5. The van der Waals surface area contributed by atoms with Crippen LogP contribution in [0.25, 0.3) is 0 Å². The monoisotopic (exact) mass is 317 g/mol. The first-order valence-electron chi connectivity index (χ1n) is 8.58. The predicted molar refractivity (Wildman–Crippen MR) is 91.7 cm³/mol. The number of carbonyl (C=O) groups excluding carboxylic acids is 1. The molecule has 0 spiro atoms. The lowest BCUT2D eigenvalue weighted by atomic mass is 10.1. The molecule has 2 saturated heterocycles. The molecule has 0 bridgehead atoms. The molecule has 2 fully saturated rings. The Hall–Kier alpha value is -1.59. The highest BCUT2D eigenvalue weighted by Crippen LogP contribution is 2.21. The molecular formula is C18H27N3O2. The second-order valence-corrected chi connectivity index (χ2v) is 6.43. The summed E-state index contributed by atoms with van der Waals surface area (Å²) in [6, 6.07) is 10.5. The molecule has 2 aliphatic rings. The fourth-order valence-electron chi connectivity index (χ4n) is 3.54. The van der Waals surface area contributed by atoms with E-state index in [1.165, 1.54) is 5.69 Å². The zero-order chi connectivity index (χ0) is 16.1. The maximum atomic E-state index is 12.7. The molecule has 2 heterocycles. The van der Waals surface area contributed by atoms with E-state index in [0.717, 1.165) is 58.8 Å². The van der Waals surface area contributed by atoms with E-state index in [-0.39, 0.29) is 5.92 Å². The fraction of sp³-hybridized carbons (Fsp3) is 0.611. The molecule has 0 N–H and O–H groups in total. The largest absolute Gasteiger partial charge is 0.383 e. The third-order valence-corrected chi connectivity index (χ3v) is 4.95. The Morgan fingerprint density at radius 1 is 1.13 bits per heavy atom. The van der Waals surface area contributed by atoms with Gasteiger partial charge in [0.15, 0.2) is 0 Å². The number of nitrogens with zero attached hydrogens (tertiary/aromatic N) is 3. The summed E-state index contributed by atoms with van der Waals surface area (Å²) in [6.07, 6.45) is 0.988. The molecule has 2 aliphatic heterocycles. The molecule has 1 atom stereocenters. The SMILES string of the molecule is COCCN1CC[C@@H](C(=O)N2CCN(c3ccccc3)CC2)C1. The van der Waals surface area contributed by atoms with Crippen LogP contribution in [0.4, 0.5) is 5.69 Å². The van der Waals surface area contributed by atoms with E-state index in [1.54, 1.807) is 7.11 Å². The number of hydrogen-bond donors (Lipinski definition) is 0. The summed E-state index contributed by atoms with van der Waals surface area (Å²) < 4.78 is 5.13. The third-order valence-electron chi connectivity index (χ3n) is 4.95. The second-order valence-electron chi connectivity index (χ2n) is 6.43. The van der Waals surface area contributed by atoms with Gasteiger partial charge < -0.3 is 19.4 Å². The maximum absolute atomic E-state index is 12.7. The van der Waals surface area contributed by atoms with E-state index in [4.69, 9.17) is 4.74 Å². The van der Waals surface area contributed by atoms with Crippen LogP contribution in [0.15, 0.2) is 30.3 Å². The quantitative estimate of drug-likeness (QED) is 0.820. The molecule has 0 aliphatic carbocycles. The number of ether oxygens (including phenoxy) is 1. The van der Waals surface area contributed by atoms with Gasteiger partial charge in [0, 0.05) is 52.1 Å². The van der Waals surface area contributed by atoms with E-state index in [0.29, 0.717) is 5.91 Å². The van der Waals surface area contributed by atoms with Crippen molar-refractivity contribution in [3.63, 3.8) is 0 Å². The van der Waals surface area contributed by atoms with Crippen LogP contribution in [0, 0.1) is 5.92 Å². The van der Waals surface area contributed by atoms with E-state index in [9.17, 15) is 4.79 Å². The Kier molecular flexibility index (Phi) is 5.51. The van der Waals surface area contributed by atoms with E-state index in [2.05, 4.69) is 39.0 Å². The average Bonchev–Trinajstić information content (AvgIpc) is 3.09. The highest BCUT2D eigenvalue weighted by molar-refractivity contribution is 5.79. The van der Waals surface area contributed by atoms with Gasteiger partial charge >= 0.3 is 0 Å². The first-order valence-corrected chi connectivity index (χ1v) is 8.58. The minimum atomic E-state index is 0.176. The molecule has 1 aromatic rings. The van der Waals surface area contributed by atoms with Crippen LogP contribution in [0.3, 0.4) is 0 Å².